The van der Waals surface area contributed by atoms with Gasteiger partial charge in [0.1, 0.15) is 5.60 Å². The normalized spacial score (nSPS) is 19.4. The Bertz CT molecular complexity index is 583. The Morgan fingerprint density at radius 2 is 1.96 bits per heavy atom. The van der Waals surface area contributed by atoms with Gasteiger partial charge in [-0.1, -0.05) is 40.8 Å². The van der Waals surface area contributed by atoms with Gasteiger partial charge in [0.2, 0.25) is 0 Å². The van der Waals surface area contributed by atoms with E-state index in [1.165, 1.54) is 16.7 Å². The second-order valence-electron chi connectivity index (χ2n) is 7.62. The molecule has 0 aromatic heterocycles. The topological polar surface area (TPSA) is 32.8 Å². The number of hydrogen-bond acceptors (Lipinski definition) is 3. The number of ether oxygens (including phenoxy) is 1. The summed E-state index contributed by atoms with van der Waals surface area (Å²) in [5.74, 6) is 0. The van der Waals surface area contributed by atoms with Crippen LogP contribution < -0.4 is 0 Å². The van der Waals surface area contributed by atoms with E-state index in [1.807, 2.05) is 25.7 Å². The molecular formula is C19H29IN2O2. The van der Waals surface area contributed by atoms with E-state index in [9.17, 15) is 4.79 Å². The molecule has 0 spiro atoms. The first-order chi connectivity index (χ1) is 11.2. The quantitative estimate of drug-likeness (QED) is 0.519. The molecule has 1 saturated heterocycles. The van der Waals surface area contributed by atoms with E-state index >= 15 is 0 Å². The Labute approximate surface area is 159 Å². The van der Waals surface area contributed by atoms with Crippen molar-refractivity contribution in [1.29, 1.82) is 0 Å². The lowest BCUT2D eigenvalue weighted by molar-refractivity contribution is 0.00548. The monoisotopic (exact) mass is 444 g/mol. The Morgan fingerprint density at radius 3 is 2.54 bits per heavy atom. The van der Waals surface area contributed by atoms with Crippen molar-refractivity contribution in [2.45, 2.75) is 52.8 Å². The lowest BCUT2D eigenvalue weighted by Crippen LogP contribution is -2.55. The van der Waals surface area contributed by atoms with Crippen molar-refractivity contribution >= 4 is 28.7 Å². The number of hydrogen-bond donors (Lipinski definition) is 0. The Kier molecular flexibility index (Phi) is 6.53. The van der Waals surface area contributed by atoms with Crippen molar-refractivity contribution < 1.29 is 9.53 Å². The molecule has 0 saturated carbocycles. The van der Waals surface area contributed by atoms with Gasteiger partial charge in [0, 0.05) is 36.6 Å². The summed E-state index contributed by atoms with van der Waals surface area (Å²) in [7, 11) is 0. The average Bonchev–Trinajstić information content (AvgIpc) is 2.49. The number of piperazine rings is 1. The summed E-state index contributed by atoms with van der Waals surface area (Å²) >= 11 is 2.42. The smallest absolute Gasteiger partial charge is 0.410 e. The molecule has 24 heavy (non-hydrogen) atoms. The zero-order valence-electron chi connectivity index (χ0n) is 15.4. The molecular weight excluding hydrogens is 415 g/mol. The van der Waals surface area contributed by atoms with Crippen LogP contribution in [0.1, 0.15) is 37.5 Å². The van der Waals surface area contributed by atoms with E-state index in [1.54, 1.807) is 0 Å². The van der Waals surface area contributed by atoms with Gasteiger partial charge in [-0.15, -0.1) is 0 Å². The van der Waals surface area contributed by atoms with Crippen LogP contribution in [0.2, 0.25) is 0 Å². The van der Waals surface area contributed by atoms with Crippen LogP contribution in [0.4, 0.5) is 4.79 Å². The van der Waals surface area contributed by atoms with Crippen LogP contribution in [0.15, 0.2) is 18.2 Å². The van der Waals surface area contributed by atoms with Crippen molar-refractivity contribution in [2.24, 2.45) is 0 Å². The highest BCUT2D eigenvalue weighted by Gasteiger charge is 2.31. The summed E-state index contributed by atoms with van der Waals surface area (Å²) in [5, 5.41) is 0. The number of carbonyl (C=O) groups is 1. The van der Waals surface area contributed by atoms with Gasteiger partial charge in [-0.3, -0.25) is 4.90 Å². The first-order valence-corrected chi connectivity index (χ1v) is 10.1. The molecule has 0 N–H and O–H groups in total. The number of rotatable bonds is 3. The molecule has 2 rings (SSSR count). The Balaban J connectivity index is 1.99. The minimum Gasteiger partial charge on any atom is -0.444 e. The van der Waals surface area contributed by atoms with Gasteiger partial charge in [0.05, 0.1) is 0 Å². The summed E-state index contributed by atoms with van der Waals surface area (Å²) in [6, 6.07) is 7.06. The van der Waals surface area contributed by atoms with E-state index in [0.29, 0.717) is 6.04 Å². The number of halogens is 1. The van der Waals surface area contributed by atoms with Crippen molar-refractivity contribution in [3.05, 3.63) is 34.9 Å². The van der Waals surface area contributed by atoms with Crippen molar-refractivity contribution in [3.8, 4) is 0 Å². The standard InChI is InChI=1S/C19H29IN2O2/c1-14-6-7-16(10-15(14)2)12-21-8-9-22(13-17(21)11-20)18(23)24-19(3,4)5/h6-7,10,17H,8-9,11-13H2,1-5H3/t17-/m1/s1. The summed E-state index contributed by atoms with van der Waals surface area (Å²) in [4.78, 5) is 16.6. The van der Waals surface area contributed by atoms with Gasteiger partial charge in [0.25, 0.3) is 0 Å². The van der Waals surface area contributed by atoms with Gasteiger partial charge >= 0.3 is 6.09 Å². The fraction of sp³-hybridized carbons (Fsp3) is 0.632. The summed E-state index contributed by atoms with van der Waals surface area (Å²) in [5.41, 5.74) is 3.58. The van der Waals surface area contributed by atoms with Gasteiger partial charge in [-0.2, -0.15) is 0 Å². The molecule has 1 aromatic rings. The molecule has 1 heterocycles. The minimum absolute atomic E-state index is 0.191. The number of nitrogens with zero attached hydrogens (tertiary/aromatic N) is 2. The maximum absolute atomic E-state index is 12.3. The van der Waals surface area contributed by atoms with Crippen LogP contribution in [-0.4, -0.2) is 51.6 Å². The van der Waals surface area contributed by atoms with E-state index in [2.05, 4.69) is 59.5 Å². The molecule has 4 nitrogen and oxygen atoms in total. The molecule has 1 aromatic carbocycles. The lowest BCUT2D eigenvalue weighted by Gasteiger charge is -2.41. The summed E-state index contributed by atoms with van der Waals surface area (Å²) in [6.45, 7) is 13.3. The molecule has 1 amide bonds. The average molecular weight is 444 g/mol. The largest absolute Gasteiger partial charge is 0.444 e. The van der Waals surface area contributed by atoms with Crippen molar-refractivity contribution in [2.75, 3.05) is 24.1 Å². The predicted octanol–water partition coefficient (Wildman–Crippen LogP) is 4.16. The third kappa shape index (κ3) is 5.34. The Hall–Kier alpha value is -0.820. The molecule has 1 aliphatic rings. The maximum atomic E-state index is 12.3. The minimum atomic E-state index is -0.437. The SMILES string of the molecule is Cc1ccc(CN2CCN(C(=O)OC(C)(C)C)C[C@H]2CI)cc1C. The summed E-state index contributed by atoms with van der Waals surface area (Å²) < 4.78 is 6.52. The van der Waals surface area contributed by atoms with E-state index < -0.39 is 5.60 Å². The van der Waals surface area contributed by atoms with Gasteiger partial charge in [-0.25, -0.2) is 4.79 Å². The van der Waals surface area contributed by atoms with Crippen LogP contribution in [0.3, 0.4) is 0 Å². The lowest BCUT2D eigenvalue weighted by atomic mass is 10.0. The van der Waals surface area contributed by atoms with Crippen molar-refractivity contribution in [1.82, 2.24) is 9.80 Å². The molecule has 0 unspecified atom stereocenters. The zero-order valence-corrected chi connectivity index (χ0v) is 17.6. The van der Waals surface area contributed by atoms with Crippen LogP contribution in [0.5, 0.6) is 0 Å². The highest BCUT2D eigenvalue weighted by atomic mass is 127. The van der Waals surface area contributed by atoms with Crippen LogP contribution in [0, 0.1) is 13.8 Å². The first kappa shape index (κ1) is 19.5. The predicted molar refractivity (Wildman–Crippen MR) is 107 cm³/mol. The summed E-state index contributed by atoms with van der Waals surface area (Å²) in [6.07, 6.45) is -0.191. The molecule has 5 heteroatoms. The van der Waals surface area contributed by atoms with E-state index in [-0.39, 0.29) is 6.09 Å². The third-order valence-corrected chi connectivity index (χ3v) is 5.41. The Morgan fingerprint density at radius 1 is 1.25 bits per heavy atom. The number of amides is 1. The van der Waals surface area contributed by atoms with Crippen LogP contribution >= 0.6 is 22.6 Å². The van der Waals surface area contributed by atoms with Gasteiger partial charge < -0.3 is 9.64 Å². The molecule has 1 atom stereocenters. The highest BCUT2D eigenvalue weighted by molar-refractivity contribution is 14.1. The van der Waals surface area contributed by atoms with Gasteiger partial charge in [-0.05, 0) is 51.3 Å². The van der Waals surface area contributed by atoms with E-state index in [0.717, 1.165) is 30.6 Å². The first-order valence-electron chi connectivity index (χ1n) is 8.53. The molecule has 1 aliphatic heterocycles. The van der Waals surface area contributed by atoms with Crippen LogP contribution in [-0.2, 0) is 11.3 Å². The fourth-order valence-corrected chi connectivity index (χ4v) is 3.71. The molecule has 134 valence electrons. The maximum Gasteiger partial charge on any atom is 0.410 e. The number of carbonyl (C=O) groups excluding carboxylic acids is 1. The number of alkyl halides is 1. The zero-order chi connectivity index (χ0) is 17.9. The molecule has 0 aliphatic carbocycles. The third-order valence-electron chi connectivity index (χ3n) is 4.39. The number of aryl methyl sites for hydroxylation is 2. The fourth-order valence-electron chi connectivity index (χ4n) is 2.88. The second-order valence-corrected chi connectivity index (χ2v) is 8.50. The molecule has 0 bridgehead atoms. The molecule has 0 radical (unpaired) electrons. The number of benzene rings is 1. The second kappa shape index (κ2) is 8.04. The molecule has 1 fully saturated rings. The van der Waals surface area contributed by atoms with Gasteiger partial charge in [0.15, 0.2) is 0 Å². The van der Waals surface area contributed by atoms with E-state index in [4.69, 9.17) is 4.74 Å². The van der Waals surface area contributed by atoms with Crippen LogP contribution in [0.25, 0.3) is 0 Å². The highest BCUT2D eigenvalue weighted by Crippen LogP contribution is 2.19. The van der Waals surface area contributed by atoms with Crippen molar-refractivity contribution in [3.63, 3.8) is 0 Å².